The molecule has 0 saturated carbocycles. The molecule has 0 unspecified atom stereocenters. The van der Waals surface area contributed by atoms with Gasteiger partial charge in [0, 0.05) is 10.9 Å². The lowest BCUT2D eigenvalue weighted by Crippen LogP contribution is -2.10. The largest absolute Gasteiger partial charge is 0.497 e. The van der Waals surface area contributed by atoms with Crippen molar-refractivity contribution in [1.29, 1.82) is 0 Å². The number of benzene rings is 1. The number of rotatable bonds is 1. The number of hydrogen-bond acceptors (Lipinski definition) is 3. The molecule has 0 atom stereocenters. The monoisotopic (exact) mass is 230 g/mol. The zero-order chi connectivity index (χ0) is 11.8. The molecule has 0 bridgehead atoms. The van der Waals surface area contributed by atoms with E-state index in [4.69, 9.17) is 9.94 Å². The number of hydrogen-bond donors (Lipinski definition) is 2. The van der Waals surface area contributed by atoms with Crippen LogP contribution < -0.4 is 4.74 Å². The van der Waals surface area contributed by atoms with Gasteiger partial charge in [-0.15, -0.1) is 0 Å². The number of aryl methyl sites for hydroxylation is 1. The van der Waals surface area contributed by atoms with E-state index in [0.717, 1.165) is 41.9 Å². The predicted molar refractivity (Wildman–Crippen MR) is 66.1 cm³/mol. The first-order valence-electron chi connectivity index (χ1n) is 5.73. The lowest BCUT2D eigenvalue weighted by Gasteiger charge is -2.12. The van der Waals surface area contributed by atoms with Crippen molar-refractivity contribution < 1.29 is 9.94 Å². The lowest BCUT2D eigenvalue weighted by atomic mass is 9.94. The van der Waals surface area contributed by atoms with E-state index in [1.807, 2.05) is 18.2 Å². The summed E-state index contributed by atoms with van der Waals surface area (Å²) in [7, 11) is 1.67. The molecule has 1 aliphatic rings. The van der Waals surface area contributed by atoms with Gasteiger partial charge in [0.2, 0.25) is 0 Å². The second-order valence-electron chi connectivity index (χ2n) is 4.29. The van der Waals surface area contributed by atoms with Crippen LogP contribution in [0.3, 0.4) is 0 Å². The molecule has 4 heteroatoms. The highest BCUT2D eigenvalue weighted by Gasteiger charge is 2.21. The molecule has 0 saturated heterocycles. The average molecular weight is 230 g/mol. The van der Waals surface area contributed by atoms with Crippen molar-refractivity contribution in [1.82, 2.24) is 4.98 Å². The maximum absolute atomic E-state index is 9.01. The molecule has 2 aromatic rings. The summed E-state index contributed by atoms with van der Waals surface area (Å²) in [6, 6.07) is 5.96. The van der Waals surface area contributed by atoms with E-state index in [1.165, 1.54) is 10.9 Å². The fourth-order valence-electron chi connectivity index (χ4n) is 2.52. The molecule has 17 heavy (non-hydrogen) atoms. The van der Waals surface area contributed by atoms with E-state index in [2.05, 4.69) is 10.1 Å². The Balaban J connectivity index is 2.27. The Kier molecular flexibility index (Phi) is 2.28. The fourth-order valence-corrected chi connectivity index (χ4v) is 2.52. The SMILES string of the molecule is COc1ccc2[nH]c3c(c2c1)CCCC3=NO. The second-order valence-corrected chi connectivity index (χ2v) is 4.29. The Morgan fingerprint density at radius 2 is 2.24 bits per heavy atom. The van der Waals surface area contributed by atoms with E-state index >= 15 is 0 Å². The Hall–Kier alpha value is -1.97. The number of methoxy groups -OCH3 is 1. The molecular weight excluding hydrogens is 216 g/mol. The normalized spacial score (nSPS) is 17.4. The number of nitrogens with one attached hydrogen (secondary N) is 1. The molecule has 3 rings (SSSR count). The van der Waals surface area contributed by atoms with Crippen molar-refractivity contribution in [3.8, 4) is 5.75 Å². The van der Waals surface area contributed by atoms with Crippen molar-refractivity contribution in [3.63, 3.8) is 0 Å². The van der Waals surface area contributed by atoms with E-state index in [-0.39, 0.29) is 0 Å². The van der Waals surface area contributed by atoms with Gasteiger partial charge in [0.25, 0.3) is 0 Å². The smallest absolute Gasteiger partial charge is 0.119 e. The van der Waals surface area contributed by atoms with E-state index in [1.54, 1.807) is 7.11 Å². The third-order valence-corrected chi connectivity index (χ3v) is 3.36. The number of aromatic nitrogens is 1. The van der Waals surface area contributed by atoms with Crippen LogP contribution in [0.25, 0.3) is 10.9 Å². The molecule has 1 aromatic carbocycles. The molecule has 1 aromatic heterocycles. The van der Waals surface area contributed by atoms with Crippen LogP contribution in [0.2, 0.25) is 0 Å². The van der Waals surface area contributed by atoms with Gasteiger partial charge in [-0.3, -0.25) is 0 Å². The van der Waals surface area contributed by atoms with Crippen molar-refractivity contribution in [2.75, 3.05) is 7.11 Å². The highest BCUT2D eigenvalue weighted by atomic mass is 16.5. The zero-order valence-corrected chi connectivity index (χ0v) is 9.66. The molecule has 0 radical (unpaired) electrons. The van der Waals surface area contributed by atoms with Crippen LogP contribution in [0.15, 0.2) is 23.4 Å². The summed E-state index contributed by atoms with van der Waals surface area (Å²) in [5, 5.41) is 13.6. The molecule has 0 spiro atoms. The Bertz CT molecular complexity index is 599. The lowest BCUT2D eigenvalue weighted by molar-refractivity contribution is 0.317. The standard InChI is InChI=1S/C13H14N2O2/c1-17-8-5-6-11-10(7-8)9-3-2-4-12(15-16)13(9)14-11/h5-7,14,16H,2-4H2,1H3. The fraction of sp³-hybridized carbons (Fsp3) is 0.308. The van der Waals surface area contributed by atoms with Crippen LogP contribution in [-0.4, -0.2) is 23.0 Å². The highest BCUT2D eigenvalue weighted by Crippen LogP contribution is 2.31. The van der Waals surface area contributed by atoms with Crippen molar-refractivity contribution in [2.45, 2.75) is 19.3 Å². The quantitative estimate of drug-likeness (QED) is 0.584. The number of fused-ring (bicyclic) bond motifs is 3. The minimum absolute atomic E-state index is 0.751. The van der Waals surface area contributed by atoms with E-state index < -0.39 is 0 Å². The molecule has 0 fully saturated rings. The van der Waals surface area contributed by atoms with Gasteiger partial charge < -0.3 is 14.9 Å². The van der Waals surface area contributed by atoms with Crippen LogP contribution in [-0.2, 0) is 6.42 Å². The van der Waals surface area contributed by atoms with Crippen LogP contribution in [0.1, 0.15) is 24.1 Å². The van der Waals surface area contributed by atoms with Crippen molar-refractivity contribution in [3.05, 3.63) is 29.5 Å². The molecule has 88 valence electrons. The van der Waals surface area contributed by atoms with Crippen molar-refractivity contribution in [2.24, 2.45) is 5.16 Å². The van der Waals surface area contributed by atoms with Crippen molar-refractivity contribution >= 4 is 16.6 Å². The summed E-state index contributed by atoms with van der Waals surface area (Å²) in [6.45, 7) is 0. The molecule has 0 aliphatic heterocycles. The number of H-pyrrole nitrogens is 1. The summed E-state index contributed by atoms with van der Waals surface area (Å²) in [5.41, 5.74) is 4.03. The minimum Gasteiger partial charge on any atom is -0.497 e. The van der Waals surface area contributed by atoms with Gasteiger partial charge in [0.15, 0.2) is 0 Å². The number of oxime groups is 1. The average Bonchev–Trinajstić information content (AvgIpc) is 2.76. The van der Waals surface area contributed by atoms with E-state index in [9.17, 15) is 0 Å². The minimum atomic E-state index is 0.751. The van der Waals surface area contributed by atoms with Gasteiger partial charge in [-0.1, -0.05) is 5.16 Å². The first kappa shape index (κ1) is 10.2. The van der Waals surface area contributed by atoms with Gasteiger partial charge in [-0.2, -0.15) is 0 Å². The molecule has 2 N–H and O–H groups in total. The van der Waals surface area contributed by atoms with Gasteiger partial charge in [-0.25, -0.2) is 0 Å². The second kappa shape index (κ2) is 3.80. The summed E-state index contributed by atoms with van der Waals surface area (Å²) in [5.74, 6) is 0.854. The van der Waals surface area contributed by atoms with Gasteiger partial charge in [0.05, 0.1) is 12.8 Å². The molecule has 1 aliphatic carbocycles. The third-order valence-electron chi connectivity index (χ3n) is 3.36. The summed E-state index contributed by atoms with van der Waals surface area (Å²) in [4.78, 5) is 3.32. The topological polar surface area (TPSA) is 57.6 Å². The third kappa shape index (κ3) is 1.48. The zero-order valence-electron chi connectivity index (χ0n) is 9.66. The number of aromatic amines is 1. The number of nitrogens with zero attached hydrogens (tertiary/aromatic N) is 1. The molecule has 1 heterocycles. The van der Waals surface area contributed by atoms with Gasteiger partial charge >= 0.3 is 0 Å². The molecule has 0 amide bonds. The summed E-state index contributed by atoms with van der Waals surface area (Å²) < 4.78 is 5.24. The predicted octanol–water partition coefficient (Wildman–Crippen LogP) is 2.69. The summed E-state index contributed by atoms with van der Waals surface area (Å²) >= 11 is 0. The Morgan fingerprint density at radius 3 is 3.00 bits per heavy atom. The highest BCUT2D eigenvalue weighted by molar-refractivity contribution is 6.06. The summed E-state index contributed by atoms with van der Waals surface area (Å²) in [6.07, 6.45) is 2.87. The van der Waals surface area contributed by atoms with Crippen LogP contribution in [0.4, 0.5) is 0 Å². The maximum Gasteiger partial charge on any atom is 0.119 e. The van der Waals surface area contributed by atoms with Crippen LogP contribution in [0.5, 0.6) is 5.75 Å². The Labute approximate surface area is 98.9 Å². The maximum atomic E-state index is 9.01. The molecule has 4 nitrogen and oxygen atoms in total. The molecular formula is C13H14N2O2. The first-order chi connectivity index (χ1) is 8.33. The first-order valence-corrected chi connectivity index (χ1v) is 5.73. The van der Waals surface area contributed by atoms with E-state index in [0.29, 0.717) is 0 Å². The van der Waals surface area contributed by atoms with Crippen LogP contribution in [0, 0.1) is 0 Å². The van der Waals surface area contributed by atoms with Crippen LogP contribution >= 0.6 is 0 Å². The van der Waals surface area contributed by atoms with Gasteiger partial charge in [-0.05, 0) is 43.0 Å². The van der Waals surface area contributed by atoms with Gasteiger partial charge in [0.1, 0.15) is 11.5 Å². The Morgan fingerprint density at radius 1 is 1.35 bits per heavy atom. The number of ether oxygens (including phenoxy) is 1.